The van der Waals surface area contributed by atoms with E-state index in [0.717, 1.165) is 0 Å². The predicted octanol–water partition coefficient (Wildman–Crippen LogP) is -9.69. The maximum Gasteiger partial charge on any atom is 0.223 e. The molecule has 3 aliphatic heterocycles. The Morgan fingerprint density at radius 3 is 0.968 bits per heavy atom. The van der Waals surface area contributed by atoms with E-state index in [1.807, 2.05) is 0 Å². The summed E-state index contributed by atoms with van der Waals surface area (Å²) >= 11 is 0. The summed E-state index contributed by atoms with van der Waals surface area (Å²) in [6.45, 7) is 3.55. The average molecular weight is 912 g/mol. The van der Waals surface area contributed by atoms with E-state index in [1.165, 1.54) is 27.7 Å². The smallest absolute Gasteiger partial charge is 0.223 e. The van der Waals surface area contributed by atoms with Gasteiger partial charge < -0.3 is 117 Å². The summed E-state index contributed by atoms with van der Waals surface area (Å²) in [5.74, 6) is -2.00. The lowest BCUT2D eigenvalue weighted by Crippen LogP contribution is -2.64. The first kappa shape index (κ1) is 57.6. The summed E-state index contributed by atoms with van der Waals surface area (Å²) in [5, 5.41) is 168. The number of carbonyl (C=O) groups excluding carboxylic acids is 3. The van der Waals surface area contributed by atoms with E-state index in [-0.39, 0.29) is 58.3 Å². The van der Waals surface area contributed by atoms with Crippen LogP contribution in [0, 0.1) is 0 Å². The second-order valence-corrected chi connectivity index (χ2v) is 16.4. The fraction of sp³-hybridized carbons (Fsp3) is 0.917. The first-order valence-electron chi connectivity index (χ1n) is 19.8. The minimum absolute atomic E-state index is 0.0120. The molecule has 0 aromatic rings. The van der Waals surface area contributed by atoms with Crippen molar-refractivity contribution in [3.8, 4) is 0 Å². The quantitative estimate of drug-likeness (QED) is 0.0644. The van der Waals surface area contributed by atoms with E-state index in [0.29, 0.717) is 0 Å². The molecule has 3 aliphatic rings. The zero-order chi connectivity index (χ0) is 47.9. The number of hydrogen-bond acceptors (Lipinski definition) is 23. The molecular weight excluding hydrogens is 842 g/mol. The number of rotatable bonds is 17. The molecule has 0 aromatic heterocycles. The zero-order valence-corrected chi connectivity index (χ0v) is 35.0. The molecule has 3 rings (SSSR count). The van der Waals surface area contributed by atoms with Crippen LogP contribution in [-0.2, 0) is 28.6 Å². The van der Waals surface area contributed by atoms with Crippen LogP contribution in [0.4, 0.5) is 0 Å². The van der Waals surface area contributed by atoms with Crippen molar-refractivity contribution < 1.29 is 115 Å². The van der Waals surface area contributed by atoms with Gasteiger partial charge in [-0.05, 0) is 47.0 Å². The summed E-state index contributed by atoms with van der Waals surface area (Å²) in [4.78, 5) is 35.3. The molecule has 0 radical (unpaired) electrons. The molecule has 3 heterocycles. The van der Waals surface area contributed by atoms with Crippen LogP contribution in [-0.4, -0.2) is 246 Å². The monoisotopic (exact) mass is 911 g/mol. The number of amides is 3. The molecule has 0 bridgehead atoms. The van der Waals surface area contributed by atoms with Gasteiger partial charge in [-0.1, -0.05) is 0 Å². The van der Waals surface area contributed by atoms with Gasteiger partial charge in [0.25, 0.3) is 0 Å². The third kappa shape index (κ3) is 18.2. The fourth-order valence-electron chi connectivity index (χ4n) is 6.44. The lowest BCUT2D eigenvalue weighted by Gasteiger charge is -2.40. The number of ether oxygens (including phenoxy) is 3. The molecule has 0 spiro atoms. The van der Waals surface area contributed by atoms with E-state index >= 15 is 0 Å². The molecule has 0 aliphatic carbocycles. The van der Waals surface area contributed by atoms with Crippen LogP contribution in [0.5, 0.6) is 0 Å². The van der Waals surface area contributed by atoms with Crippen molar-refractivity contribution in [3.05, 3.63) is 0 Å². The second kappa shape index (κ2) is 25.9. The van der Waals surface area contributed by atoms with Gasteiger partial charge >= 0.3 is 0 Å². The first-order valence-corrected chi connectivity index (χ1v) is 19.8. The van der Waals surface area contributed by atoms with Crippen LogP contribution in [0.2, 0.25) is 0 Å². The van der Waals surface area contributed by atoms with Crippen LogP contribution >= 0.6 is 0 Å². The number of hydrogen-bond donors (Lipinski definition) is 20. The van der Waals surface area contributed by atoms with Gasteiger partial charge in [-0.3, -0.25) is 14.4 Å². The van der Waals surface area contributed by atoms with E-state index < -0.39 is 140 Å². The van der Waals surface area contributed by atoms with Crippen molar-refractivity contribution >= 4 is 17.7 Å². The Labute approximate surface area is 356 Å². The third-order valence-electron chi connectivity index (χ3n) is 10.2. The molecular formula is C36H69N3O23. The Morgan fingerprint density at radius 2 is 0.710 bits per heavy atom. The van der Waals surface area contributed by atoms with Crippen molar-refractivity contribution in [2.45, 2.75) is 175 Å². The maximum atomic E-state index is 11.8. The molecule has 20 N–H and O–H groups in total. The zero-order valence-electron chi connectivity index (χ0n) is 35.0. The van der Waals surface area contributed by atoms with Gasteiger partial charge in [0.1, 0.15) is 67.0 Å². The summed E-state index contributed by atoms with van der Waals surface area (Å²) in [6, 6.07) is -3.76. The predicted molar refractivity (Wildman–Crippen MR) is 205 cm³/mol. The largest absolute Gasteiger partial charge is 0.396 e. The van der Waals surface area contributed by atoms with Crippen LogP contribution in [0.25, 0.3) is 0 Å². The Morgan fingerprint density at radius 1 is 0.452 bits per heavy atom. The van der Waals surface area contributed by atoms with Crippen molar-refractivity contribution in [1.29, 1.82) is 0 Å². The lowest BCUT2D eigenvalue weighted by molar-refractivity contribution is -0.254. The highest BCUT2D eigenvalue weighted by molar-refractivity contribution is 5.78. The molecule has 26 heteroatoms. The Hall–Kier alpha value is -2.39. The molecule has 18 atom stereocenters. The lowest BCUT2D eigenvalue weighted by atomic mass is 9.95. The van der Waals surface area contributed by atoms with E-state index in [1.54, 1.807) is 0 Å². The SMILES string of the molecule is CC(O)(CCO)CC(=O)NC1C(O)OC(CO)C(O)C1O.CC(O)(CCO)CC(=O)NC1C(O)OC(CO)C(O)C1O.CC1OC(O)C(NC(=O)CC(C)(O)CCO)C(O)C1O. The van der Waals surface area contributed by atoms with Gasteiger partial charge in [-0.2, -0.15) is 0 Å². The highest BCUT2D eigenvalue weighted by atomic mass is 16.6. The summed E-state index contributed by atoms with van der Waals surface area (Å²) < 4.78 is 14.8. The number of nitrogens with one attached hydrogen (secondary N) is 3. The van der Waals surface area contributed by atoms with Crippen molar-refractivity contribution in [2.75, 3.05) is 33.0 Å². The van der Waals surface area contributed by atoms with Gasteiger partial charge in [-0.25, -0.2) is 0 Å². The van der Waals surface area contributed by atoms with E-state index in [2.05, 4.69) is 16.0 Å². The van der Waals surface area contributed by atoms with Gasteiger partial charge in [-0.15, -0.1) is 0 Å². The van der Waals surface area contributed by atoms with Crippen LogP contribution in [0.3, 0.4) is 0 Å². The molecule has 0 saturated carbocycles. The molecule has 0 aromatic carbocycles. The third-order valence-corrected chi connectivity index (χ3v) is 10.2. The summed E-state index contributed by atoms with van der Waals surface area (Å²) in [6.07, 6.45) is -17.4. The summed E-state index contributed by atoms with van der Waals surface area (Å²) in [5.41, 5.74) is -4.26. The highest BCUT2D eigenvalue weighted by Crippen LogP contribution is 2.24. The highest BCUT2D eigenvalue weighted by Gasteiger charge is 2.46. The number of aliphatic hydroxyl groups is 17. The minimum atomic E-state index is -1.60. The average Bonchev–Trinajstić information content (AvgIpc) is 3.15. The van der Waals surface area contributed by atoms with E-state index in [9.17, 15) is 75.7 Å². The Balaban J connectivity index is 0.000000465. The maximum absolute atomic E-state index is 11.8. The standard InChI is InChI=1S/2C12H23NO8.C12H23NO7/c2*1-12(20,2-3-14)4-7(16)13-8-10(18)9(17)6(5-15)21-11(8)19;1-6-9(16)10(17)8(11(18)20-6)13-7(15)5-12(2,19)3-4-14/h2*6,8-11,14-15,17-20H,2-5H2,1H3,(H,13,16);6,8-11,14,16-19H,3-5H2,1-2H3,(H,13,15). The van der Waals surface area contributed by atoms with Gasteiger partial charge in [0.2, 0.25) is 17.7 Å². The van der Waals surface area contributed by atoms with Crippen molar-refractivity contribution in [3.63, 3.8) is 0 Å². The van der Waals surface area contributed by atoms with Gasteiger partial charge in [0, 0.05) is 19.8 Å². The second-order valence-electron chi connectivity index (χ2n) is 16.4. The number of aliphatic hydroxyl groups excluding tert-OH is 14. The molecule has 26 nitrogen and oxygen atoms in total. The molecule has 3 fully saturated rings. The van der Waals surface area contributed by atoms with Crippen molar-refractivity contribution in [1.82, 2.24) is 16.0 Å². The Bertz CT molecular complexity index is 1280. The summed E-state index contributed by atoms with van der Waals surface area (Å²) in [7, 11) is 0. The fourth-order valence-corrected chi connectivity index (χ4v) is 6.44. The molecule has 366 valence electrons. The Kier molecular flexibility index (Phi) is 24.1. The first-order chi connectivity index (χ1) is 28.6. The number of carbonyl (C=O) groups is 3. The van der Waals surface area contributed by atoms with Crippen LogP contribution in [0.15, 0.2) is 0 Å². The topological polar surface area (TPSA) is 459 Å². The minimum Gasteiger partial charge on any atom is -0.396 e. The molecule has 3 amide bonds. The van der Waals surface area contributed by atoms with Gasteiger partial charge in [0.15, 0.2) is 18.9 Å². The van der Waals surface area contributed by atoms with Gasteiger partial charge in [0.05, 0.1) is 55.4 Å². The normalized spacial score (nSPS) is 36.4. The molecule has 62 heavy (non-hydrogen) atoms. The molecule has 18 unspecified atom stereocenters. The van der Waals surface area contributed by atoms with E-state index in [4.69, 9.17) is 39.7 Å². The molecule has 3 saturated heterocycles. The van der Waals surface area contributed by atoms with Crippen LogP contribution in [0.1, 0.15) is 66.2 Å². The van der Waals surface area contributed by atoms with Crippen molar-refractivity contribution in [2.24, 2.45) is 0 Å². The van der Waals surface area contributed by atoms with Crippen LogP contribution < -0.4 is 16.0 Å².